The van der Waals surface area contributed by atoms with Crippen molar-refractivity contribution >= 4 is 5.91 Å². The highest BCUT2D eigenvalue weighted by Gasteiger charge is 2.19. The van der Waals surface area contributed by atoms with Gasteiger partial charge in [0.2, 0.25) is 0 Å². The third-order valence-corrected chi connectivity index (χ3v) is 5.05. The fourth-order valence-electron chi connectivity index (χ4n) is 3.55. The van der Waals surface area contributed by atoms with Gasteiger partial charge in [-0.15, -0.1) is 0 Å². The zero-order valence-corrected chi connectivity index (χ0v) is 19.0. The van der Waals surface area contributed by atoms with Crippen LogP contribution in [0.5, 0.6) is 5.75 Å². The number of para-hydroxylation sites is 1. The zero-order valence-electron chi connectivity index (χ0n) is 19.0. The summed E-state index contributed by atoms with van der Waals surface area (Å²) in [6.45, 7) is 9.49. The molecule has 0 saturated carbocycles. The van der Waals surface area contributed by atoms with Crippen LogP contribution in [0.3, 0.4) is 0 Å². The molecule has 0 radical (unpaired) electrons. The number of nitrogens with one attached hydrogen (secondary N) is 1. The molecule has 0 aliphatic heterocycles. The van der Waals surface area contributed by atoms with Crippen molar-refractivity contribution in [3.63, 3.8) is 0 Å². The predicted octanol–water partition coefficient (Wildman–Crippen LogP) is 4.88. The number of nitrogens with zero attached hydrogens (tertiary/aromatic N) is 1. The van der Waals surface area contributed by atoms with Crippen LogP contribution < -0.4 is 10.1 Å². The Balaban J connectivity index is 2.33. The Kier molecular flexibility index (Phi) is 8.27. The summed E-state index contributed by atoms with van der Waals surface area (Å²) in [5.41, 5.74) is 3.88. The average Bonchev–Trinajstić information content (AvgIpc) is 2.66. The smallest absolute Gasteiger partial charge is 0.251 e. The molecule has 2 aromatic rings. The van der Waals surface area contributed by atoms with Crippen molar-refractivity contribution in [1.82, 2.24) is 10.2 Å². The molecule has 29 heavy (non-hydrogen) atoms. The average molecular weight is 397 g/mol. The van der Waals surface area contributed by atoms with E-state index in [9.17, 15) is 4.79 Å². The monoisotopic (exact) mass is 396 g/mol. The molecule has 1 atom stereocenters. The molecule has 0 aromatic heterocycles. The second-order valence-electron chi connectivity index (χ2n) is 8.76. The van der Waals surface area contributed by atoms with Gasteiger partial charge >= 0.3 is 0 Å². The summed E-state index contributed by atoms with van der Waals surface area (Å²) in [6.07, 6.45) is 0.956. The minimum absolute atomic E-state index is 0.0373. The standard InChI is InChI=1S/C25H36N2O2/c1-17(2)14-20-11-9-13-22(24(20)29-7)19-10-8-12-21(15-19)25(28)26-23(18(3)4)16-27(5)6/h8-13,15,17-18,23H,14,16H2,1-7H3,(H,26,28)/t23-/m0/s1. The molecular formula is C25H36N2O2. The van der Waals surface area contributed by atoms with Crippen LogP contribution in [-0.2, 0) is 6.42 Å². The second kappa shape index (κ2) is 10.4. The third-order valence-electron chi connectivity index (χ3n) is 5.05. The molecule has 0 spiro atoms. The molecule has 2 rings (SSSR count). The van der Waals surface area contributed by atoms with E-state index in [4.69, 9.17) is 4.74 Å². The number of ether oxygens (including phenoxy) is 1. The molecule has 1 N–H and O–H groups in total. The number of amides is 1. The van der Waals surface area contributed by atoms with E-state index in [1.165, 1.54) is 5.56 Å². The van der Waals surface area contributed by atoms with Gasteiger partial charge < -0.3 is 15.0 Å². The van der Waals surface area contributed by atoms with Crippen molar-refractivity contribution in [2.45, 2.75) is 40.2 Å². The van der Waals surface area contributed by atoms with E-state index in [0.717, 1.165) is 29.8 Å². The lowest BCUT2D eigenvalue weighted by atomic mass is 9.95. The van der Waals surface area contributed by atoms with Gasteiger partial charge in [0.1, 0.15) is 5.75 Å². The van der Waals surface area contributed by atoms with E-state index >= 15 is 0 Å². The number of hydrogen-bond donors (Lipinski definition) is 1. The highest BCUT2D eigenvalue weighted by Crippen LogP contribution is 2.34. The Labute approximate surface area is 176 Å². The second-order valence-corrected chi connectivity index (χ2v) is 8.76. The Hall–Kier alpha value is -2.33. The van der Waals surface area contributed by atoms with E-state index in [0.29, 0.717) is 17.4 Å². The summed E-state index contributed by atoms with van der Waals surface area (Å²) in [7, 11) is 5.77. The van der Waals surface area contributed by atoms with E-state index < -0.39 is 0 Å². The van der Waals surface area contributed by atoms with Crippen LogP contribution in [0.25, 0.3) is 11.1 Å². The molecule has 1 amide bonds. The molecule has 0 unspecified atom stereocenters. The lowest BCUT2D eigenvalue weighted by Gasteiger charge is -2.25. The molecule has 0 heterocycles. The Morgan fingerprint density at radius 1 is 1.07 bits per heavy atom. The lowest BCUT2D eigenvalue weighted by molar-refractivity contribution is 0.0916. The van der Waals surface area contributed by atoms with Crippen molar-refractivity contribution < 1.29 is 9.53 Å². The number of carbonyl (C=O) groups excluding carboxylic acids is 1. The maximum atomic E-state index is 12.9. The minimum atomic E-state index is -0.0373. The number of methoxy groups -OCH3 is 1. The van der Waals surface area contributed by atoms with Crippen molar-refractivity contribution in [3.8, 4) is 16.9 Å². The first-order valence-corrected chi connectivity index (χ1v) is 10.4. The molecule has 0 bridgehead atoms. The van der Waals surface area contributed by atoms with E-state index in [-0.39, 0.29) is 11.9 Å². The quantitative estimate of drug-likeness (QED) is 0.657. The Bertz CT molecular complexity index is 812. The van der Waals surface area contributed by atoms with Gasteiger partial charge in [-0.05, 0) is 55.6 Å². The number of rotatable bonds is 9. The van der Waals surface area contributed by atoms with Crippen molar-refractivity contribution in [3.05, 3.63) is 53.6 Å². The van der Waals surface area contributed by atoms with Gasteiger partial charge in [0.25, 0.3) is 5.91 Å². The largest absolute Gasteiger partial charge is 0.496 e. The highest BCUT2D eigenvalue weighted by atomic mass is 16.5. The fraction of sp³-hybridized carbons (Fsp3) is 0.480. The molecule has 2 aromatic carbocycles. The number of likely N-dealkylation sites (N-methyl/N-ethyl adjacent to an activating group) is 1. The molecular weight excluding hydrogens is 360 g/mol. The van der Waals surface area contributed by atoms with E-state index in [1.54, 1.807) is 7.11 Å². The molecule has 0 aliphatic carbocycles. The minimum Gasteiger partial charge on any atom is -0.496 e. The fourth-order valence-corrected chi connectivity index (χ4v) is 3.55. The maximum Gasteiger partial charge on any atom is 0.251 e. The third kappa shape index (κ3) is 6.33. The van der Waals surface area contributed by atoms with Gasteiger partial charge in [-0.2, -0.15) is 0 Å². The van der Waals surface area contributed by atoms with Crippen LogP contribution in [0.4, 0.5) is 0 Å². The molecule has 158 valence electrons. The van der Waals surface area contributed by atoms with Gasteiger partial charge in [0, 0.05) is 23.7 Å². The van der Waals surface area contributed by atoms with Crippen LogP contribution in [-0.4, -0.2) is 44.6 Å². The van der Waals surface area contributed by atoms with E-state index in [1.807, 2.05) is 38.4 Å². The first kappa shape index (κ1) is 23.0. The predicted molar refractivity (Wildman–Crippen MR) is 122 cm³/mol. The summed E-state index contributed by atoms with van der Waals surface area (Å²) in [4.78, 5) is 15.0. The van der Waals surface area contributed by atoms with Crippen LogP contribution in [0.15, 0.2) is 42.5 Å². The molecule has 4 heteroatoms. The van der Waals surface area contributed by atoms with Crippen molar-refractivity contribution in [2.75, 3.05) is 27.7 Å². The summed E-state index contributed by atoms with van der Waals surface area (Å²) >= 11 is 0. The number of carbonyl (C=O) groups is 1. The Morgan fingerprint density at radius 2 is 1.76 bits per heavy atom. The van der Waals surface area contributed by atoms with Gasteiger partial charge in [-0.25, -0.2) is 0 Å². The van der Waals surface area contributed by atoms with Crippen LogP contribution in [0, 0.1) is 11.8 Å². The van der Waals surface area contributed by atoms with Gasteiger partial charge in [-0.3, -0.25) is 4.79 Å². The van der Waals surface area contributed by atoms with Crippen molar-refractivity contribution in [2.24, 2.45) is 11.8 Å². The Morgan fingerprint density at radius 3 is 2.34 bits per heavy atom. The summed E-state index contributed by atoms with van der Waals surface area (Å²) in [6, 6.07) is 14.1. The van der Waals surface area contributed by atoms with Crippen LogP contribution in [0.2, 0.25) is 0 Å². The zero-order chi connectivity index (χ0) is 21.6. The molecule has 0 saturated heterocycles. The van der Waals surface area contributed by atoms with Crippen LogP contribution in [0.1, 0.15) is 43.6 Å². The van der Waals surface area contributed by atoms with Gasteiger partial charge in [0.15, 0.2) is 0 Å². The van der Waals surface area contributed by atoms with E-state index in [2.05, 4.69) is 56.1 Å². The number of hydrogen-bond acceptors (Lipinski definition) is 3. The maximum absolute atomic E-state index is 12.9. The topological polar surface area (TPSA) is 41.6 Å². The number of benzene rings is 2. The van der Waals surface area contributed by atoms with Crippen LogP contribution >= 0.6 is 0 Å². The van der Waals surface area contributed by atoms with Crippen molar-refractivity contribution in [1.29, 1.82) is 0 Å². The van der Waals surface area contributed by atoms with Gasteiger partial charge in [-0.1, -0.05) is 58.0 Å². The lowest BCUT2D eigenvalue weighted by Crippen LogP contribution is -2.45. The molecule has 0 fully saturated rings. The SMILES string of the molecule is COc1c(CC(C)C)cccc1-c1cccc(C(=O)N[C@@H](CN(C)C)C(C)C)c1. The normalized spacial score (nSPS) is 12.5. The summed E-state index contributed by atoms with van der Waals surface area (Å²) < 4.78 is 5.77. The first-order chi connectivity index (χ1) is 13.7. The summed E-state index contributed by atoms with van der Waals surface area (Å²) in [5.74, 6) is 1.76. The van der Waals surface area contributed by atoms with Gasteiger partial charge in [0.05, 0.1) is 7.11 Å². The molecule has 4 nitrogen and oxygen atoms in total. The summed E-state index contributed by atoms with van der Waals surface area (Å²) in [5, 5.41) is 3.20. The molecule has 0 aliphatic rings. The first-order valence-electron chi connectivity index (χ1n) is 10.4. The highest BCUT2D eigenvalue weighted by molar-refractivity contribution is 5.96.